The van der Waals surface area contributed by atoms with Gasteiger partial charge in [0.05, 0.1) is 6.26 Å². The predicted molar refractivity (Wildman–Crippen MR) is 72.1 cm³/mol. The van der Waals surface area contributed by atoms with E-state index in [2.05, 4.69) is 0 Å². The van der Waals surface area contributed by atoms with Crippen molar-refractivity contribution in [3.63, 3.8) is 0 Å². The second kappa shape index (κ2) is 5.98. The first kappa shape index (κ1) is 13.1. The van der Waals surface area contributed by atoms with Crippen LogP contribution < -0.4 is 0 Å². The van der Waals surface area contributed by atoms with Crippen LogP contribution in [0.25, 0.3) is 0 Å². The summed E-state index contributed by atoms with van der Waals surface area (Å²) in [6.45, 7) is 0. The van der Waals surface area contributed by atoms with E-state index in [1.165, 1.54) is 6.26 Å². The molecule has 1 aromatic carbocycles. The van der Waals surface area contributed by atoms with Crippen LogP contribution >= 0.6 is 23.4 Å². The minimum atomic E-state index is -1.03. The van der Waals surface area contributed by atoms with Gasteiger partial charge in [-0.1, -0.05) is 23.7 Å². The van der Waals surface area contributed by atoms with Crippen molar-refractivity contribution in [1.82, 2.24) is 0 Å². The number of carbonyl (C=O) groups is 1. The van der Waals surface area contributed by atoms with Crippen LogP contribution in [0, 0.1) is 0 Å². The van der Waals surface area contributed by atoms with Crippen LogP contribution in [0.3, 0.4) is 0 Å². The number of carboxylic acid groups (broad SMARTS) is 1. The quantitative estimate of drug-likeness (QED) is 0.898. The molecule has 0 aliphatic rings. The number of thioether (sulfide) groups is 1. The number of halogens is 1. The Bertz CT molecular complexity index is 533. The average Bonchev–Trinajstić information content (AvgIpc) is 2.80. The largest absolute Gasteiger partial charge is 0.475 e. The fourth-order valence-corrected chi connectivity index (χ4v) is 2.60. The van der Waals surface area contributed by atoms with Gasteiger partial charge in [0.1, 0.15) is 0 Å². The molecule has 18 heavy (non-hydrogen) atoms. The summed E-state index contributed by atoms with van der Waals surface area (Å²) in [5, 5.41) is 9.60. The van der Waals surface area contributed by atoms with Crippen molar-refractivity contribution in [2.24, 2.45) is 0 Å². The van der Waals surface area contributed by atoms with Gasteiger partial charge in [-0.05, 0) is 23.8 Å². The van der Waals surface area contributed by atoms with Gasteiger partial charge in [-0.3, -0.25) is 0 Å². The number of carboxylic acids is 1. The molecule has 0 saturated carbocycles. The van der Waals surface area contributed by atoms with Gasteiger partial charge in [0, 0.05) is 22.1 Å². The van der Waals surface area contributed by atoms with Crippen LogP contribution in [0.1, 0.15) is 21.7 Å². The lowest BCUT2D eigenvalue weighted by Gasteiger charge is -2.01. The normalized spacial score (nSPS) is 10.5. The van der Waals surface area contributed by atoms with E-state index in [-0.39, 0.29) is 5.76 Å². The summed E-state index contributed by atoms with van der Waals surface area (Å²) in [5.74, 6) is 0.419. The highest BCUT2D eigenvalue weighted by atomic mass is 35.5. The van der Waals surface area contributed by atoms with Gasteiger partial charge in [0.15, 0.2) is 0 Å². The van der Waals surface area contributed by atoms with Crippen molar-refractivity contribution in [3.05, 3.63) is 58.5 Å². The Morgan fingerprint density at radius 2 is 1.94 bits per heavy atom. The second-order valence-corrected chi connectivity index (χ2v) is 5.12. The Labute approximate surface area is 114 Å². The van der Waals surface area contributed by atoms with Crippen LogP contribution in [0.4, 0.5) is 0 Å². The minimum absolute atomic E-state index is 0.0265. The zero-order chi connectivity index (χ0) is 13.0. The molecule has 94 valence electrons. The Morgan fingerprint density at radius 1 is 1.22 bits per heavy atom. The van der Waals surface area contributed by atoms with Crippen LogP contribution in [0.5, 0.6) is 0 Å². The van der Waals surface area contributed by atoms with Crippen LogP contribution in [-0.4, -0.2) is 11.1 Å². The van der Waals surface area contributed by atoms with E-state index in [1.807, 2.05) is 24.3 Å². The first-order valence-corrected chi connectivity index (χ1v) is 6.82. The zero-order valence-corrected chi connectivity index (χ0v) is 11.0. The minimum Gasteiger partial charge on any atom is -0.475 e. The summed E-state index contributed by atoms with van der Waals surface area (Å²) in [6, 6.07) is 9.31. The van der Waals surface area contributed by atoms with Crippen molar-refractivity contribution in [2.75, 3.05) is 0 Å². The zero-order valence-electron chi connectivity index (χ0n) is 9.43. The van der Waals surface area contributed by atoms with Crippen molar-refractivity contribution in [2.45, 2.75) is 11.5 Å². The molecular formula is C13H11ClO3S. The van der Waals surface area contributed by atoms with Gasteiger partial charge in [0.25, 0.3) is 0 Å². The van der Waals surface area contributed by atoms with Gasteiger partial charge in [-0.15, -0.1) is 0 Å². The van der Waals surface area contributed by atoms with Crippen LogP contribution in [0.2, 0.25) is 5.02 Å². The molecule has 5 heteroatoms. The van der Waals surface area contributed by atoms with Crippen molar-refractivity contribution >= 4 is 29.3 Å². The molecule has 1 heterocycles. The second-order valence-electron chi connectivity index (χ2n) is 3.70. The smallest absolute Gasteiger partial charge is 0.372 e. The van der Waals surface area contributed by atoms with Crippen molar-refractivity contribution in [1.29, 1.82) is 0 Å². The van der Waals surface area contributed by atoms with Gasteiger partial charge in [0.2, 0.25) is 5.76 Å². The van der Waals surface area contributed by atoms with Gasteiger partial charge < -0.3 is 9.52 Å². The number of hydrogen-bond donors (Lipinski definition) is 1. The van der Waals surface area contributed by atoms with Crippen molar-refractivity contribution < 1.29 is 14.3 Å². The van der Waals surface area contributed by atoms with E-state index in [0.29, 0.717) is 16.3 Å². The molecule has 1 aromatic heterocycles. The molecule has 0 bridgehead atoms. The molecule has 0 amide bonds. The standard InChI is InChI=1S/C13H11ClO3S/c14-11-3-1-9(2-4-11)7-18-8-10-5-6-17-12(10)13(15)16/h1-6H,7-8H2,(H,15,16). The van der Waals surface area contributed by atoms with Crippen LogP contribution in [0.15, 0.2) is 41.0 Å². The summed E-state index contributed by atoms with van der Waals surface area (Å²) < 4.78 is 4.91. The Balaban J connectivity index is 1.90. The first-order valence-electron chi connectivity index (χ1n) is 5.28. The maximum Gasteiger partial charge on any atom is 0.372 e. The Hall–Kier alpha value is -1.39. The number of benzene rings is 1. The highest BCUT2D eigenvalue weighted by Crippen LogP contribution is 2.22. The van der Waals surface area contributed by atoms with Gasteiger partial charge in [-0.25, -0.2) is 4.79 Å². The van der Waals surface area contributed by atoms with E-state index in [4.69, 9.17) is 21.1 Å². The fraction of sp³-hybridized carbons (Fsp3) is 0.154. The Morgan fingerprint density at radius 3 is 2.61 bits per heavy atom. The summed E-state index contributed by atoms with van der Waals surface area (Å²) in [7, 11) is 0. The lowest BCUT2D eigenvalue weighted by atomic mass is 10.2. The molecule has 0 unspecified atom stereocenters. The topological polar surface area (TPSA) is 50.4 Å². The first-order chi connectivity index (χ1) is 8.66. The third-order valence-electron chi connectivity index (χ3n) is 2.38. The highest BCUT2D eigenvalue weighted by Gasteiger charge is 2.13. The maximum atomic E-state index is 10.8. The molecule has 0 saturated heterocycles. The molecule has 3 nitrogen and oxygen atoms in total. The molecule has 2 aromatic rings. The number of furan rings is 1. The predicted octanol–water partition coefficient (Wildman–Crippen LogP) is 4.06. The fourth-order valence-electron chi connectivity index (χ4n) is 1.50. The summed E-state index contributed by atoms with van der Waals surface area (Å²) in [5.41, 5.74) is 1.87. The lowest BCUT2D eigenvalue weighted by molar-refractivity contribution is 0.0661. The average molecular weight is 283 g/mol. The monoisotopic (exact) mass is 282 g/mol. The van der Waals surface area contributed by atoms with Gasteiger partial charge >= 0.3 is 5.97 Å². The molecule has 2 rings (SSSR count). The van der Waals surface area contributed by atoms with E-state index < -0.39 is 5.97 Å². The van der Waals surface area contributed by atoms with E-state index >= 15 is 0 Å². The third kappa shape index (κ3) is 3.31. The van der Waals surface area contributed by atoms with Crippen LogP contribution in [-0.2, 0) is 11.5 Å². The molecule has 0 atom stereocenters. The summed E-state index contributed by atoms with van der Waals surface area (Å²) in [4.78, 5) is 10.8. The molecule has 0 aliphatic carbocycles. The highest BCUT2D eigenvalue weighted by molar-refractivity contribution is 7.97. The van der Waals surface area contributed by atoms with E-state index in [0.717, 1.165) is 11.3 Å². The molecule has 0 spiro atoms. The summed E-state index contributed by atoms with van der Waals surface area (Å²) in [6.07, 6.45) is 1.40. The lowest BCUT2D eigenvalue weighted by Crippen LogP contribution is -1.97. The third-order valence-corrected chi connectivity index (χ3v) is 3.69. The van der Waals surface area contributed by atoms with E-state index in [1.54, 1.807) is 17.8 Å². The number of aromatic carboxylic acids is 1. The Kier molecular flexibility index (Phi) is 4.33. The molecule has 0 aliphatic heterocycles. The molecule has 0 fully saturated rings. The molecule has 1 N–H and O–H groups in total. The molecule has 0 radical (unpaired) electrons. The number of rotatable bonds is 5. The van der Waals surface area contributed by atoms with E-state index in [9.17, 15) is 4.79 Å². The van der Waals surface area contributed by atoms with Gasteiger partial charge in [-0.2, -0.15) is 11.8 Å². The summed E-state index contributed by atoms with van der Waals surface area (Å²) >= 11 is 7.43. The van der Waals surface area contributed by atoms with Crippen molar-refractivity contribution in [3.8, 4) is 0 Å². The maximum absolute atomic E-state index is 10.8. The molecular weight excluding hydrogens is 272 g/mol. The number of hydrogen-bond acceptors (Lipinski definition) is 3. The SMILES string of the molecule is O=C(O)c1occc1CSCc1ccc(Cl)cc1.